The maximum Gasteiger partial charge on any atom is 0.229 e. The molecule has 134 valence electrons. The van der Waals surface area contributed by atoms with Gasteiger partial charge in [0.15, 0.2) is 11.5 Å². The van der Waals surface area contributed by atoms with E-state index in [-0.39, 0.29) is 0 Å². The number of methoxy groups -OCH3 is 2. The fraction of sp³-hybridized carbons (Fsp3) is 0.158. The van der Waals surface area contributed by atoms with Crippen LogP contribution in [0.4, 0.5) is 5.95 Å². The van der Waals surface area contributed by atoms with E-state index in [2.05, 4.69) is 9.98 Å². The average Bonchev–Trinajstić information content (AvgIpc) is 3.01. The van der Waals surface area contributed by atoms with E-state index in [0.29, 0.717) is 33.1 Å². The van der Waals surface area contributed by atoms with Crippen LogP contribution in [0.2, 0.25) is 10.0 Å². The first-order chi connectivity index (χ1) is 12.5. The predicted molar refractivity (Wildman–Crippen MR) is 105 cm³/mol. The van der Waals surface area contributed by atoms with Gasteiger partial charge in [0.05, 0.1) is 36.2 Å². The summed E-state index contributed by atoms with van der Waals surface area (Å²) in [5, 5.41) is 1.08. The number of aromatic nitrogens is 2. The molecule has 0 saturated carbocycles. The number of aliphatic imine (C=N–C) groups is 1. The Hall–Kier alpha value is -2.50. The highest BCUT2D eigenvalue weighted by atomic mass is 35.5. The van der Waals surface area contributed by atoms with E-state index in [1.165, 1.54) is 0 Å². The molecule has 0 N–H and O–H groups in total. The minimum Gasteiger partial charge on any atom is -0.493 e. The summed E-state index contributed by atoms with van der Waals surface area (Å²) in [6.07, 6.45) is 3.37. The van der Waals surface area contributed by atoms with Crippen LogP contribution in [0.15, 0.2) is 47.6 Å². The summed E-state index contributed by atoms with van der Waals surface area (Å²) >= 11 is 12.3. The third kappa shape index (κ3) is 3.54. The summed E-state index contributed by atoms with van der Waals surface area (Å²) in [6.45, 7) is 0. The van der Waals surface area contributed by atoms with Gasteiger partial charge in [-0.3, -0.25) is 0 Å². The maximum atomic E-state index is 6.17. The van der Waals surface area contributed by atoms with Crippen LogP contribution in [0, 0.1) is 0 Å². The molecule has 26 heavy (non-hydrogen) atoms. The zero-order valence-electron chi connectivity index (χ0n) is 14.5. The minimum absolute atomic E-state index is 0.533. The van der Waals surface area contributed by atoms with Crippen molar-refractivity contribution < 1.29 is 9.47 Å². The van der Waals surface area contributed by atoms with Crippen molar-refractivity contribution in [2.45, 2.75) is 0 Å². The number of ether oxygens (including phenoxy) is 2. The number of rotatable bonds is 5. The number of nitrogens with zero attached hydrogens (tertiary/aromatic N) is 3. The summed E-state index contributed by atoms with van der Waals surface area (Å²) in [6, 6.07) is 11.0. The van der Waals surface area contributed by atoms with Crippen molar-refractivity contribution in [2.75, 3.05) is 14.2 Å². The highest BCUT2D eigenvalue weighted by molar-refractivity contribution is 6.38. The second-order valence-electron chi connectivity index (χ2n) is 5.47. The van der Waals surface area contributed by atoms with Crippen molar-refractivity contribution in [3.8, 4) is 22.8 Å². The quantitative estimate of drug-likeness (QED) is 0.566. The average molecular weight is 390 g/mol. The van der Waals surface area contributed by atoms with Crippen molar-refractivity contribution in [3.63, 3.8) is 0 Å². The van der Waals surface area contributed by atoms with Crippen molar-refractivity contribution >= 4 is 35.4 Å². The summed E-state index contributed by atoms with van der Waals surface area (Å²) < 4.78 is 12.5. The molecule has 3 aromatic rings. The highest BCUT2D eigenvalue weighted by Gasteiger charge is 2.11. The predicted octanol–water partition coefficient (Wildman–Crippen LogP) is 5.16. The van der Waals surface area contributed by atoms with Gasteiger partial charge in [0.1, 0.15) is 0 Å². The third-order valence-electron chi connectivity index (χ3n) is 3.95. The molecule has 5 nitrogen and oxygen atoms in total. The zero-order valence-corrected chi connectivity index (χ0v) is 16.0. The normalized spacial score (nSPS) is 11.1. The molecule has 1 aromatic heterocycles. The fourth-order valence-electron chi connectivity index (χ4n) is 2.54. The lowest BCUT2D eigenvalue weighted by Crippen LogP contribution is -1.94. The topological polar surface area (TPSA) is 48.6 Å². The van der Waals surface area contributed by atoms with E-state index in [1.807, 2.05) is 29.8 Å². The van der Waals surface area contributed by atoms with Crippen LogP contribution < -0.4 is 9.47 Å². The van der Waals surface area contributed by atoms with Crippen molar-refractivity contribution in [2.24, 2.45) is 12.0 Å². The van der Waals surface area contributed by atoms with Gasteiger partial charge in [0, 0.05) is 24.4 Å². The van der Waals surface area contributed by atoms with E-state index < -0.39 is 0 Å². The largest absolute Gasteiger partial charge is 0.493 e. The second-order valence-corrected chi connectivity index (χ2v) is 6.28. The van der Waals surface area contributed by atoms with E-state index >= 15 is 0 Å². The highest BCUT2D eigenvalue weighted by Crippen LogP contribution is 2.33. The molecule has 1 heterocycles. The lowest BCUT2D eigenvalue weighted by Gasteiger charge is -2.10. The van der Waals surface area contributed by atoms with Gasteiger partial charge in [-0.1, -0.05) is 29.3 Å². The van der Waals surface area contributed by atoms with Gasteiger partial charge in [-0.05, 0) is 30.3 Å². The Morgan fingerprint density at radius 3 is 2.38 bits per heavy atom. The SMILES string of the molecule is COc1ccc(-c2cnc(N=Cc3c(Cl)cccc3Cl)n2C)cc1OC. The molecule has 0 radical (unpaired) electrons. The molecule has 0 amide bonds. The molecule has 7 heteroatoms. The standard InChI is InChI=1S/C19H17Cl2N3O2/c1-24-16(12-7-8-17(25-2)18(9-12)26-3)11-23-19(24)22-10-13-14(20)5-4-6-15(13)21/h4-11H,1-3H3. The van der Waals surface area contributed by atoms with Crippen molar-refractivity contribution in [3.05, 3.63) is 58.2 Å². The van der Waals surface area contributed by atoms with Gasteiger partial charge >= 0.3 is 0 Å². The molecule has 0 atom stereocenters. The Labute approximate surface area is 161 Å². The zero-order chi connectivity index (χ0) is 18.7. The number of imidazole rings is 1. The summed E-state index contributed by atoms with van der Waals surface area (Å²) in [5.41, 5.74) is 2.49. The third-order valence-corrected chi connectivity index (χ3v) is 4.61. The monoisotopic (exact) mass is 389 g/mol. The first-order valence-corrected chi connectivity index (χ1v) is 8.53. The van der Waals surface area contributed by atoms with Gasteiger partial charge in [-0.25, -0.2) is 9.98 Å². The number of halogens is 2. The summed E-state index contributed by atoms with van der Waals surface area (Å²) in [5.74, 6) is 1.86. The molecule has 0 aliphatic carbocycles. The Morgan fingerprint density at radius 1 is 1.04 bits per heavy atom. The number of hydrogen-bond donors (Lipinski definition) is 0. The van der Waals surface area contributed by atoms with Gasteiger partial charge in [-0.15, -0.1) is 0 Å². The summed E-state index contributed by atoms with van der Waals surface area (Å²) in [7, 11) is 5.10. The Balaban J connectivity index is 1.95. The van der Waals surface area contributed by atoms with E-state index in [1.54, 1.807) is 44.8 Å². The second kappa shape index (κ2) is 7.81. The molecule has 0 bridgehead atoms. The van der Waals surface area contributed by atoms with Gasteiger partial charge in [-0.2, -0.15) is 0 Å². The van der Waals surface area contributed by atoms with Crippen LogP contribution in [0.1, 0.15) is 5.56 Å². The molecule has 3 rings (SSSR count). The van der Waals surface area contributed by atoms with Gasteiger partial charge < -0.3 is 14.0 Å². The summed E-state index contributed by atoms with van der Waals surface area (Å²) in [4.78, 5) is 8.79. The molecule has 0 fully saturated rings. The lowest BCUT2D eigenvalue weighted by molar-refractivity contribution is 0.355. The number of benzene rings is 2. The number of hydrogen-bond acceptors (Lipinski definition) is 4. The van der Waals surface area contributed by atoms with Crippen LogP contribution in [-0.2, 0) is 7.05 Å². The van der Waals surface area contributed by atoms with Crippen LogP contribution >= 0.6 is 23.2 Å². The Kier molecular flexibility index (Phi) is 5.49. The van der Waals surface area contributed by atoms with Crippen LogP contribution in [0.3, 0.4) is 0 Å². The molecule has 0 aliphatic rings. The smallest absolute Gasteiger partial charge is 0.229 e. The van der Waals surface area contributed by atoms with Crippen LogP contribution in [-0.4, -0.2) is 30.0 Å². The minimum atomic E-state index is 0.533. The first-order valence-electron chi connectivity index (χ1n) is 7.77. The molecule has 0 spiro atoms. The van der Waals surface area contributed by atoms with Gasteiger partial charge in [0.2, 0.25) is 5.95 Å². The molecular weight excluding hydrogens is 373 g/mol. The lowest BCUT2D eigenvalue weighted by atomic mass is 10.1. The van der Waals surface area contributed by atoms with E-state index in [9.17, 15) is 0 Å². The fourth-order valence-corrected chi connectivity index (χ4v) is 3.03. The van der Waals surface area contributed by atoms with Crippen LogP contribution in [0.25, 0.3) is 11.3 Å². The molecule has 0 aliphatic heterocycles. The maximum absolute atomic E-state index is 6.17. The van der Waals surface area contributed by atoms with Gasteiger partial charge in [0.25, 0.3) is 0 Å². The van der Waals surface area contributed by atoms with Crippen molar-refractivity contribution in [1.82, 2.24) is 9.55 Å². The Morgan fingerprint density at radius 2 is 1.73 bits per heavy atom. The van der Waals surface area contributed by atoms with Crippen LogP contribution in [0.5, 0.6) is 11.5 Å². The molecule has 0 unspecified atom stereocenters. The molecule has 0 saturated heterocycles. The Bertz CT molecular complexity index is 947. The molecule has 2 aromatic carbocycles. The molecular formula is C19H17Cl2N3O2. The first kappa shape index (κ1) is 18.3. The van der Waals surface area contributed by atoms with E-state index in [4.69, 9.17) is 32.7 Å². The van der Waals surface area contributed by atoms with E-state index in [0.717, 1.165) is 11.3 Å². The van der Waals surface area contributed by atoms with Crippen molar-refractivity contribution in [1.29, 1.82) is 0 Å².